The maximum atomic E-state index is 2.52. The third-order valence-corrected chi connectivity index (χ3v) is 3.43. The van der Waals surface area contributed by atoms with Gasteiger partial charge in [0.2, 0.25) is 0 Å². The normalized spacial score (nSPS) is 40.9. The van der Waals surface area contributed by atoms with Gasteiger partial charge < -0.3 is 4.90 Å². The molecule has 0 aromatic rings. The molecular formula is C10H21N. The summed E-state index contributed by atoms with van der Waals surface area (Å²) in [6.07, 6.45) is 4.04. The summed E-state index contributed by atoms with van der Waals surface area (Å²) in [6, 6.07) is 0. The van der Waals surface area contributed by atoms with Crippen molar-refractivity contribution in [2.45, 2.75) is 45.6 Å². The molecule has 66 valence electrons. The van der Waals surface area contributed by atoms with Crippen LogP contribution in [0, 0.1) is 5.92 Å². The van der Waals surface area contributed by atoms with Crippen LogP contribution in [0.3, 0.4) is 0 Å². The SMILES string of the molecule is CCC1(C)CC(C)CCN1C. The highest BCUT2D eigenvalue weighted by Gasteiger charge is 2.32. The second-order valence-corrected chi connectivity index (χ2v) is 4.37. The van der Waals surface area contributed by atoms with Crippen molar-refractivity contribution in [1.82, 2.24) is 4.90 Å². The number of rotatable bonds is 1. The summed E-state index contributed by atoms with van der Waals surface area (Å²) in [5.74, 6) is 0.927. The van der Waals surface area contributed by atoms with E-state index in [9.17, 15) is 0 Å². The average Bonchev–Trinajstić information content (AvgIpc) is 1.98. The zero-order valence-corrected chi connectivity index (χ0v) is 8.35. The lowest BCUT2D eigenvalue weighted by molar-refractivity contribution is 0.0590. The molecule has 0 bridgehead atoms. The van der Waals surface area contributed by atoms with E-state index in [1.807, 2.05) is 0 Å². The Kier molecular flexibility index (Phi) is 2.58. The van der Waals surface area contributed by atoms with Gasteiger partial charge in [-0.3, -0.25) is 0 Å². The molecule has 0 amide bonds. The van der Waals surface area contributed by atoms with Crippen LogP contribution in [0.5, 0.6) is 0 Å². The van der Waals surface area contributed by atoms with Crippen LogP contribution in [0.4, 0.5) is 0 Å². The first kappa shape index (κ1) is 9.05. The van der Waals surface area contributed by atoms with Gasteiger partial charge in [-0.15, -0.1) is 0 Å². The van der Waals surface area contributed by atoms with Crippen molar-refractivity contribution in [1.29, 1.82) is 0 Å². The van der Waals surface area contributed by atoms with Gasteiger partial charge in [-0.1, -0.05) is 13.8 Å². The molecule has 0 saturated carbocycles. The highest BCUT2D eigenvalue weighted by atomic mass is 15.2. The summed E-state index contributed by atoms with van der Waals surface area (Å²) >= 11 is 0. The van der Waals surface area contributed by atoms with Crippen molar-refractivity contribution >= 4 is 0 Å². The Hall–Kier alpha value is -0.0400. The van der Waals surface area contributed by atoms with E-state index in [4.69, 9.17) is 0 Å². The molecule has 2 unspecified atom stereocenters. The second-order valence-electron chi connectivity index (χ2n) is 4.37. The molecule has 1 aliphatic heterocycles. The fourth-order valence-corrected chi connectivity index (χ4v) is 2.11. The number of likely N-dealkylation sites (tertiary alicyclic amines) is 1. The van der Waals surface area contributed by atoms with E-state index in [1.165, 1.54) is 25.8 Å². The monoisotopic (exact) mass is 155 g/mol. The Morgan fingerprint density at radius 2 is 2.18 bits per heavy atom. The first-order valence-electron chi connectivity index (χ1n) is 4.80. The Bertz CT molecular complexity index is 133. The number of nitrogens with zero attached hydrogens (tertiary/aromatic N) is 1. The van der Waals surface area contributed by atoms with Gasteiger partial charge in [0.1, 0.15) is 0 Å². The highest BCUT2D eigenvalue weighted by Crippen LogP contribution is 2.32. The zero-order valence-electron chi connectivity index (χ0n) is 8.35. The Labute approximate surface area is 70.8 Å². The molecule has 0 spiro atoms. The van der Waals surface area contributed by atoms with Crippen molar-refractivity contribution in [3.63, 3.8) is 0 Å². The topological polar surface area (TPSA) is 3.24 Å². The van der Waals surface area contributed by atoms with Crippen LogP contribution in [0.25, 0.3) is 0 Å². The lowest BCUT2D eigenvalue weighted by Crippen LogP contribution is -2.48. The summed E-state index contributed by atoms with van der Waals surface area (Å²) in [5, 5.41) is 0. The minimum absolute atomic E-state index is 0.484. The first-order chi connectivity index (χ1) is 5.08. The predicted octanol–water partition coefficient (Wildman–Crippen LogP) is 2.52. The van der Waals surface area contributed by atoms with E-state index in [-0.39, 0.29) is 0 Å². The predicted molar refractivity (Wildman–Crippen MR) is 49.7 cm³/mol. The van der Waals surface area contributed by atoms with Gasteiger partial charge in [-0.05, 0) is 45.7 Å². The van der Waals surface area contributed by atoms with Crippen LogP contribution in [0.2, 0.25) is 0 Å². The molecule has 0 aromatic carbocycles. The van der Waals surface area contributed by atoms with Gasteiger partial charge in [0.25, 0.3) is 0 Å². The van der Waals surface area contributed by atoms with E-state index in [2.05, 4.69) is 32.7 Å². The van der Waals surface area contributed by atoms with Gasteiger partial charge in [0.15, 0.2) is 0 Å². The smallest absolute Gasteiger partial charge is 0.0178 e. The highest BCUT2D eigenvalue weighted by molar-refractivity contribution is 4.88. The van der Waals surface area contributed by atoms with E-state index in [1.54, 1.807) is 0 Å². The van der Waals surface area contributed by atoms with Crippen molar-refractivity contribution in [3.05, 3.63) is 0 Å². The summed E-state index contributed by atoms with van der Waals surface area (Å²) in [7, 11) is 2.26. The van der Waals surface area contributed by atoms with E-state index >= 15 is 0 Å². The second kappa shape index (κ2) is 3.14. The molecule has 1 heterocycles. The fourth-order valence-electron chi connectivity index (χ4n) is 2.11. The summed E-state index contributed by atoms with van der Waals surface area (Å²) < 4.78 is 0. The summed E-state index contributed by atoms with van der Waals surface area (Å²) in [6.45, 7) is 8.35. The standard InChI is InChI=1S/C10H21N/c1-5-10(3)8-9(2)6-7-11(10)4/h9H,5-8H2,1-4H3. The van der Waals surface area contributed by atoms with Crippen molar-refractivity contribution in [2.24, 2.45) is 5.92 Å². The molecule has 1 aliphatic rings. The lowest BCUT2D eigenvalue weighted by atomic mass is 9.81. The van der Waals surface area contributed by atoms with Crippen LogP contribution in [-0.4, -0.2) is 24.0 Å². The van der Waals surface area contributed by atoms with Gasteiger partial charge >= 0.3 is 0 Å². The fraction of sp³-hybridized carbons (Fsp3) is 1.00. The molecule has 1 heteroatoms. The van der Waals surface area contributed by atoms with Gasteiger partial charge in [0.05, 0.1) is 0 Å². The molecule has 0 aliphatic carbocycles. The molecule has 1 saturated heterocycles. The quantitative estimate of drug-likeness (QED) is 0.562. The molecule has 2 atom stereocenters. The minimum Gasteiger partial charge on any atom is -0.301 e. The van der Waals surface area contributed by atoms with E-state index < -0.39 is 0 Å². The van der Waals surface area contributed by atoms with Crippen LogP contribution >= 0.6 is 0 Å². The van der Waals surface area contributed by atoms with Crippen molar-refractivity contribution in [2.75, 3.05) is 13.6 Å². The molecule has 0 N–H and O–H groups in total. The van der Waals surface area contributed by atoms with Gasteiger partial charge in [0, 0.05) is 5.54 Å². The zero-order chi connectivity index (χ0) is 8.48. The molecule has 1 nitrogen and oxygen atoms in total. The van der Waals surface area contributed by atoms with Gasteiger partial charge in [-0.2, -0.15) is 0 Å². The average molecular weight is 155 g/mol. The van der Waals surface area contributed by atoms with E-state index in [0.717, 1.165) is 5.92 Å². The third-order valence-electron chi connectivity index (χ3n) is 3.43. The lowest BCUT2D eigenvalue weighted by Gasteiger charge is -2.44. The number of hydrogen-bond acceptors (Lipinski definition) is 1. The number of hydrogen-bond donors (Lipinski definition) is 0. The van der Waals surface area contributed by atoms with Crippen LogP contribution in [-0.2, 0) is 0 Å². The molecule has 1 rings (SSSR count). The van der Waals surface area contributed by atoms with Crippen LogP contribution in [0.15, 0.2) is 0 Å². The Morgan fingerprint density at radius 1 is 1.55 bits per heavy atom. The van der Waals surface area contributed by atoms with Crippen LogP contribution < -0.4 is 0 Å². The van der Waals surface area contributed by atoms with E-state index in [0.29, 0.717) is 5.54 Å². The largest absolute Gasteiger partial charge is 0.301 e. The molecule has 1 fully saturated rings. The maximum Gasteiger partial charge on any atom is 0.0178 e. The third kappa shape index (κ3) is 1.76. The minimum atomic E-state index is 0.484. The summed E-state index contributed by atoms with van der Waals surface area (Å²) in [5.41, 5.74) is 0.484. The first-order valence-corrected chi connectivity index (χ1v) is 4.80. The van der Waals surface area contributed by atoms with Crippen molar-refractivity contribution in [3.8, 4) is 0 Å². The summed E-state index contributed by atoms with van der Waals surface area (Å²) in [4.78, 5) is 2.52. The molecule has 0 radical (unpaired) electrons. The Balaban J connectivity index is 2.60. The Morgan fingerprint density at radius 3 is 2.64 bits per heavy atom. The molecular weight excluding hydrogens is 134 g/mol. The maximum absolute atomic E-state index is 2.52. The van der Waals surface area contributed by atoms with Crippen molar-refractivity contribution < 1.29 is 0 Å². The molecule has 11 heavy (non-hydrogen) atoms. The van der Waals surface area contributed by atoms with Gasteiger partial charge in [-0.25, -0.2) is 0 Å². The molecule has 0 aromatic heterocycles. The van der Waals surface area contributed by atoms with Crippen LogP contribution in [0.1, 0.15) is 40.0 Å². The number of piperidine rings is 1.